The van der Waals surface area contributed by atoms with Crippen LogP contribution in [0.5, 0.6) is 0 Å². The van der Waals surface area contributed by atoms with Crippen LogP contribution in [0.3, 0.4) is 0 Å². The van der Waals surface area contributed by atoms with Crippen LogP contribution in [0.15, 0.2) is 21.5 Å². The number of hydrogen-bond donors (Lipinski definition) is 0. The van der Waals surface area contributed by atoms with Gasteiger partial charge in [-0.2, -0.15) is 0 Å². The van der Waals surface area contributed by atoms with E-state index < -0.39 is 0 Å². The first-order valence-electron chi connectivity index (χ1n) is 6.45. The van der Waals surface area contributed by atoms with Crippen molar-refractivity contribution in [2.24, 2.45) is 5.92 Å². The Morgan fingerprint density at radius 1 is 1.58 bits per heavy atom. The smallest absolute Gasteiger partial charge is 0.266 e. The minimum absolute atomic E-state index is 0.0183. The van der Waals surface area contributed by atoms with Gasteiger partial charge in [0.2, 0.25) is 0 Å². The van der Waals surface area contributed by atoms with Gasteiger partial charge in [0.1, 0.15) is 15.8 Å². The summed E-state index contributed by atoms with van der Waals surface area (Å²) in [6, 6.07) is 3.94. The molecule has 2 unspecified atom stereocenters. The van der Waals surface area contributed by atoms with Crippen LogP contribution < -0.4 is 0 Å². The molecule has 19 heavy (non-hydrogen) atoms. The molecule has 2 fully saturated rings. The van der Waals surface area contributed by atoms with Gasteiger partial charge in [-0.1, -0.05) is 30.9 Å². The third kappa shape index (κ3) is 2.37. The summed E-state index contributed by atoms with van der Waals surface area (Å²) >= 11 is 6.52. The number of thiocarbonyl (C=S) groups is 1. The van der Waals surface area contributed by atoms with Gasteiger partial charge in [0.15, 0.2) is 0 Å². The lowest BCUT2D eigenvalue weighted by Crippen LogP contribution is -2.27. The number of nitrogens with zero attached hydrogens (tertiary/aromatic N) is 1. The molecule has 2 heterocycles. The maximum Gasteiger partial charge on any atom is 0.266 e. The molecular weight excluding hydrogens is 278 g/mol. The zero-order chi connectivity index (χ0) is 13.6. The summed E-state index contributed by atoms with van der Waals surface area (Å²) in [6.45, 7) is 4.76. The van der Waals surface area contributed by atoms with E-state index in [2.05, 4.69) is 6.92 Å². The Bertz CT molecular complexity index is 576. The number of rotatable bonds is 3. The highest BCUT2D eigenvalue weighted by molar-refractivity contribution is 8.26. The van der Waals surface area contributed by atoms with E-state index in [0.29, 0.717) is 21.7 Å². The second-order valence-electron chi connectivity index (χ2n) is 4.99. The van der Waals surface area contributed by atoms with Gasteiger partial charge < -0.3 is 4.42 Å². The minimum Gasteiger partial charge on any atom is -0.461 e. The minimum atomic E-state index is -0.0183. The van der Waals surface area contributed by atoms with E-state index in [-0.39, 0.29) is 5.91 Å². The third-order valence-corrected chi connectivity index (χ3v) is 4.96. The van der Waals surface area contributed by atoms with Gasteiger partial charge in [-0.15, -0.1) is 0 Å². The Balaban J connectivity index is 1.80. The first kappa shape index (κ1) is 12.9. The van der Waals surface area contributed by atoms with Crippen LogP contribution in [0.4, 0.5) is 0 Å². The van der Waals surface area contributed by atoms with Crippen molar-refractivity contribution < 1.29 is 9.21 Å². The lowest BCUT2D eigenvalue weighted by molar-refractivity contribution is -0.121. The second-order valence-corrected chi connectivity index (χ2v) is 6.66. The molecule has 1 saturated carbocycles. The van der Waals surface area contributed by atoms with Crippen LogP contribution >= 0.6 is 24.0 Å². The van der Waals surface area contributed by atoms with Crippen molar-refractivity contribution in [2.75, 3.05) is 6.54 Å². The molecule has 3 rings (SSSR count). The molecule has 0 aromatic carbocycles. The molecule has 0 spiro atoms. The molecule has 0 bridgehead atoms. The molecule has 100 valence electrons. The van der Waals surface area contributed by atoms with Gasteiger partial charge in [-0.25, -0.2) is 0 Å². The summed E-state index contributed by atoms with van der Waals surface area (Å²) < 4.78 is 6.41. The molecule has 0 N–H and O–H groups in total. The lowest BCUT2D eigenvalue weighted by Gasteiger charge is -2.09. The van der Waals surface area contributed by atoms with E-state index in [1.165, 1.54) is 18.2 Å². The van der Waals surface area contributed by atoms with E-state index >= 15 is 0 Å². The Labute approximate surface area is 122 Å². The maximum atomic E-state index is 12.1. The molecule has 5 heteroatoms. The predicted octanol–water partition coefficient (Wildman–Crippen LogP) is 3.62. The van der Waals surface area contributed by atoms with E-state index in [4.69, 9.17) is 16.6 Å². The highest BCUT2D eigenvalue weighted by atomic mass is 32.2. The average molecular weight is 293 g/mol. The van der Waals surface area contributed by atoms with Gasteiger partial charge >= 0.3 is 0 Å². The highest BCUT2D eigenvalue weighted by Gasteiger charge is 2.36. The number of furan rings is 1. The summed E-state index contributed by atoms with van der Waals surface area (Å²) in [5.41, 5.74) is 0. The van der Waals surface area contributed by atoms with E-state index in [1.807, 2.05) is 19.1 Å². The van der Waals surface area contributed by atoms with Crippen LogP contribution in [0, 0.1) is 5.92 Å². The van der Waals surface area contributed by atoms with E-state index in [0.717, 1.165) is 17.4 Å². The van der Waals surface area contributed by atoms with Crippen molar-refractivity contribution in [3.05, 3.63) is 28.6 Å². The van der Waals surface area contributed by atoms with Gasteiger partial charge in [-0.3, -0.25) is 9.69 Å². The highest BCUT2D eigenvalue weighted by Crippen LogP contribution is 2.47. The molecule has 1 amide bonds. The van der Waals surface area contributed by atoms with E-state index in [1.54, 1.807) is 11.0 Å². The number of carbonyl (C=O) groups excluding carboxylic acids is 1. The van der Waals surface area contributed by atoms with Crippen molar-refractivity contribution in [3.63, 3.8) is 0 Å². The van der Waals surface area contributed by atoms with Crippen molar-refractivity contribution in [1.29, 1.82) is 0 Å². The Morgan fingerprint density at radius 3 is 2.89 bits per heavy atom. The maximum absolute atomic E-state index is 12.1. The van der Waals surface area contributed by atoms with E-state index in [9.17, 15) is 4.79 Å². The standard InChI is InChI=1S/C14H15NO2S2/c1-3-15-13(16)12(19-14(15)18)7-9-4-5-11(17-9)10-6-8(10)2/h4-5,7-8,10H,3,6H2,1-2H3. The third-order valence-electron chi connectivity index (χ3n) is 3.59. The molecular formula is C14H15NO2S2. The molecule has 0 radical (unpaired) electrons. The summed E-state index contributed by atoms with van der Waals surface area (Å²) in [5.74, 6) is 3.04. The average Bonchev–Trinajstić information content (AvgIpc) is 2.83. The first-order chi connectivity index (χ1) is 9.10. The molecule has 2 atom stereocenters. The molecule has 1 aliphatic carbocycles. The molecule has 2 aliphatic rings. The van der Waals surface area contributed by atoms with Gasteiger partial charge in [0, 0.05) is 18.5 Å². The van der Waals surface area contributed by atoms with Crippen molar-refractivity contribution in [1.82, 2.24) is 4.90 Å². The molecule has 3 nitrogen and oxygen atoms in total. The molecule has 1 aromatic heterocycles. The lowest BCUT2D eigenvalue weighted by atomic mass is 10.3. The van der Waals surface area contributed by atoms with Crippen molar-refractivity contribution in [3.8, 4) is 0 Å². The summed E-state index contributed by atoms with van der Waals surface area (Å²) in [6.07, 6.45) is 3.00. The van der Waals surface area contributed by atoms with Gasteiger partial charge in [-0.05, 0) is 31.4 Å². The molecule has 1 aliphatic heterocycles. The van der Waals surface area contributed by atoms with Crippen LogP contribution in [0.2, 0.25) is 0 Å². The number of thioether (sulfide) groups is 1. The van der Waals surface area contributed by atoms with Crippen molar-refractivity contribution in [2.45, 2.75) is 26.2 Å². The monoisotopic (exact) mass is 293 g/mol. The van der Waals surface area contributed by atoms with Crippen LogP contribution in [-0.4, -0.2) is 21.7 Å². The SMILES string of the molecule is CCN1C(=O)C(=Cc2ccc(C3CC3C)o2)SC1=S. The zero-order valence-corrected chi connectivity index (χ0v) is 12.5. The topological polar surface area (TPSA) is 33.5 Å². The quantitative estimate of drug-likeness (QED) is 0.629. The fourth-order valence-corrected chi connectivity index (χ4v) is 3.63. The first-order valence-corrected chi connectivity index (χ1v) is 7.67. The predicted molar refractivity (Wildman–Crippen MR) is 80.8 cm³/mol. The summed E-state index contributed by atoms with van der Waals surface area (Å²) in [4.78, 5) is 14.3. The zero-order valence-electron chi connectivity index (χ0n) is 10.9. The Morgan fingerprint density at radius 2 is 2.32 bits per heavy atom. The summed E-state index contributed by atoms with van der Waals surface area (Å²) in [5, 5.41) is 0. The number of carbonyl (C=O) groups is 1. The number of likely N-dealkylation sites (N-methyl/N-ethyl adjacent to an activating group) is 1. The van der Waals surface area contributed by atoms with Crippen LogP contribution in [0.25, 0.3) is 6.08 Å². The van der Waals surface area contributed by atoms with Gasteiger partial charge in [0.05, 0.1) is 4.91 Å². The Kier molecular flexibility index (Phi) is 3.27. The molecule has 1 aromatic rings. The normalized spacial score (nSPS) is 28.5. The van der Waals surface area contributed by atoms with Crippen LogP contribution in [-0.2, 0) is 4.79 Å². The number of hydrogen-bond acceptors (Lipinski definition) is 4. The largest absolute Gasteiger partial charge is 0.461 e. The Hall–Kier alpha value is -1.07. The fraction of sp³-hybridized carbons (Fsp3) is 0.429. The second kappa shape index (κ2) is 4.80. The van der Waals surface area contributed by atoms with Crippen LogP contribution in [0.1, 0.15) is 37.7 Å². The fourth-order valence-electron chi connectivity index (χ4n) is 2.27. The van der Waals surface area contributed by atoms with Crippen molar-refractivity contribution >= 4 is 40.3 Å². The summed E-state index contributed by atoms with van der Waals surface area (Å²) in [7, 11) is 0. The van der Waals surface area contributed by atoms with Gasteiger partial charge in [0.25, 0.3) is 5.91 Å². The number of amides is 1. The molecule has 1 saturated heterocycles.